The standard InChI is InChI=1S/C18H31N5O3S/c1-5-19-18(20-11-7-12-22-27(4,25)26)21-13-10-15-8-6-9-16(14-15)17(24)23(2)3/h6,8-9,14,22H,5,7,10-13H2,1-4H3,(H2,19,20,21). The van der Waals surface area contributed by atoms with Gasteiger partial charge in [0.25, 0.3) is 5.91 Å². The van der Waals surface area contributed by atoms with Gasteiger partial charge in [0.1, 0.15) is 0 Å². The summed E-state index contributed by atoms with van der Waals surface area (Å²) in [6.07, 6.45) is 2.52. The molecule has 0 spiro atoms. The first-order chi connectivity index (χ1) is 12.7. The number of guanidine groups is 1. The van der Waals surface area contributed by atoms with Crippen LogP contribution in [-0.4, -0.2) is 71.7 Å². The number of rotatable bonds is 10. The molecule has 0 heterocycles. The molecule has 0 saturated carbocycles. The molecule has 27 heavy (non-hydrogen) atoms. The third-order valence-electron chi connectivity index (χ3n) is 3.60. The van der Waals surface area contributed by atoms with Crippen LogP contribution in [0.3, 0.4) is 0 Å². The minimum absolute atomic E-state index is 0.0117. The lowest BCUT2D eigenvalue weighted by Gasteiger charge is -2.13. The van der Waals surface area contributed by atoms with Crippen LogP contribution in [0.1, 0.15) is 29.3 Å². The van der Waals surface area contributed by atoms with Crippen molar-refractivity contribution in [1.29, 1.82) is 0 Å². The molecule has 0 bridgehead atoms. The molecule has 9 heteroatoms. The molecule has 0 fully saturated rings. The maximum atomic E-state index is 12.0. The Morgan fingerprint density at radius 3 is 2.56 bits per heavy atom. The van der Waals surface area contributed by atoms with E-state index in [0.29, 0.717) is 37.6 Å². The van der Waals surface area contributed by atoms with Gasteiger partial charge in [0.05, 0.1) is 6.26 Å². The molecule has 0 aliphatic carbocycles. The Morgan fingerprint density at radius 2 is 1.93 bits per heavy atom. The van der Waals surface area contributed by atoms with Crippen LogP contribution in [0.4, 0.5) is 0 Å². The van der Waals surface area contributed by atoms with E-state index in [2.05, 4.69) is 20.3 Å². The van der Waals surface area contributed by atoms with Crippen LogP contribution >= 0.6 is 0 Å². The van der Waals surface area contributed by atoms with Crippen molar-refractivity contribution in [2.45, 2.75) is 19.8 Å². The van der Waals surface area contributed by atoms with Crippen molar-refractivity contribution < 1.29 is 13.2 Å². The highest BCUT2D eigenvalue weighted by Gasteiger charge is 2.08. The van der Waals surface area contributed by atoms with Gasteiger partial charge >= 0.3 is 0 Å². The summed E-state index contributed by atoms with van der Waals surface area (Å²) < 4.78 is 24.5. The fourth-order valence-electron chi connectivity index (χ4n) is 2.31. The Hall–Kier alpha value is -2.13. The van der Waals surface area contributed by atoms with Crippen LogP contribution in [-0.2, 0) is 16.4 Å². The van der Waals surface area contributed by atoms with Crippen LogP contribution in [0.2, 0.25) is 0 Å². The molecule has 152 valence electrons. The minimum Gasteiger partial charge on any atom is -0.357 e. The summed E-state index contributed by atoms with van der Waals surface area (Å²) in [5, 5.41) is 6.41. The van der Waals surface area contributed by atoms with Crippen LogP contribution in [0, 0.1) is 0 Å². The molecule has 0 unspecified atom stereocenters. The van der Waals surface area contributed by atoms with Crippen molar-refractivity contribution >= 4 is 21.9 Å². The number of carbonyl (C=O) groups excluding carboxylic acids is 1. The Kier molecular flexibility index (Phi) is 9.81. The fourth-order valence-corrected chi connectivity index (χ4v) is 2.83. The fraction of sp³-hybridized carbons (Fsp3) is 0.556. The molecule has 0 aliphatic rings. The molecule has 0 aromatic heterocycles. The van der Waals surface area contributed by atoms with E-state index in [1.54, 1.807) is 19.0 Å². The average Bonchev–Trinajstić information content (AvgIpc) is 2.60. The number of benzene rings is 1. The van der Waals surface area contributed by atoms with Gasteiger partial charge in [-0.15, -0.1) is 0 Å². The maximum absolute atomic E-state index is 12.0. The second-order valence-electron chi connectivity index (χ2n) is 6.36. The summed E-state index contributed by atoms with van der Waals surface area (Å²) in [6, 6.07) is 7.61. The number of carbonyl (C=O) groups is 1. The number of amides is 1. The van der Waals surface area contributed by atoms with E-state index in [-0.39, 0.29) is 5.91 Å². The topological polar surface area (TPSA) is 103 Å². The Morgan fingerprint density at radius 1 is 1.19 bits per heavy atom. The monoisotopic (exact) mass is 397 g/mol. The Labute approximate surface area is 162 Å². The second kappa shape index (κ2) is 11.6. The summed E-state index contributed by atoms with van der Waals surface area (Å²) in [5.41, 5.74) is 1.75. The number of hydrogen-bond acceptors (Lipinski definition) is 4. The molecule has 1 aromatic rings. The third kappa shape index (κ3) is 9.95. The van der Waals surface area contributed by atoms with Gasteiger partial charge in [0, 0.05) is 45.8 Å². The summed E-state index contributed by atoms with van der Waals surface area (Å²) in [6.45, 7) is 4.28. The molecule has 8 nitrogen and oxygen atoms in total. The van der Waals surface area contributed by atoms with Crippen molar-refractivity contribution in [3.63, 3.8) is 0 Å². The van der Waals surface area contributed by atoms with Gasteiger partial charge in [0.2, 0.25) is 10.0 Å². The largest absolute Gasteiger partial charge is 0.357 e. The summed E-state index contributed by atoms with van der Waals surface area (Å²) in [4.78, 5) is 18.0. The molecule has 1 rings (SSSR count). The molecule has 1 amide bonds. The zero-order chi connectivity index (χ0) is 20.3. The van der Waals surface area contributed by atoms with E-state index in [4.69, 9.17) is 0 Å². The van der Waals surface area contributed by atoms with E-state index >= 15 is 0 Å². The van der Waals surface area contributed by atoms with Crippen LogP contribution in [0.5, 0.6) is 0 Å². The molecular formula is C18H31N5O3S. The normalized spacial score (nSPS) is 11.9. The number of sulfonamides is 1. The van der Waals surface area contributed by atoms with E-state index in [1.807, 2.05) is 31.2 Å². The van der Waals surface area contributed by atoms with E-state index in [0.717, 1.165) is 24.8 Å². The highest BCUT2D eigenvalue weighted by molar-refractivity contribution is 7.88. The number of aliphatic imine (C=N–C) groups is 1. The lowest BCUT2D eigenvalue weighted by molar-refractivity contribution is 0.0827. The minimum atomic E-state index is -3.15. The second-order valence-corrected chi connectivity index (χ2v) is 8.19. The van der Waals surface area contributed by atoms with Crippen molar-refractivity contribution in [2.24, 2.45) is 4.99 Å². The molecule has 0 radical (unpaired) electrons. The smallest absolute Gasteiger partial charge is 0.253 e. The molecule has 1 aromatic carbocycles. The van der Waals surface area contributed by atoms with Gasteiger partial charge in [-0.1, -0.05) is 12.1 Å². The van der Waals surface area contributed by atoms with Gasteiger partial charge in [0.15, 0.2) is 5.96 Å². The molecule has 0 aliphatic heterocycles. The van der Waals surface area contributed by atoms with Gasteiger partial charge in [-0.05, 0) is 37.5 Å². The predicted molar refractivity (Wildman–Crippen MR) is 110 cm³/mol. The van der Waals surface area contributed by atoms with Crippen molar-refractivity contribution in [2.75, 3.05) is 46.5 Å². The quantitative estimate of drug-likeness (QED) is 0.302. The zero-order valence-corrected chi connectivity index (χ0v) is 17.4. The summed E-state index contributed by atoms with van der Waals surface area (Å²) in [5.74, 6) is 0.680. The zero-order valence-electron chi connectivity index (χ0n) is 16.6. The van der Waals surface area contributed by atoms with E-state index in [1.165, 1.54) is 0 Å². The first kappa shape index (κ1) is 22.9. The van der Waals surface area contributed by atoms with Gasteiger partial charge in [-0.25, -0.2) is 13.1 Å². The lowest BCUT2D eigenvalue weighted by Crippen LogP contribution is -2.38. The number of nitrogens with zero attached hydrogens (tertiary/aromatic N) is 2. The summed E-state index contributed by atoms with van der Waals surface area (Å²) in [7, 11) is 0.323. The first-order valence-electron chi connectivity index (χ1n) is 9.00. The SMILES string of the molecule is CCNC(=NCCCNS(C)(=O)=O)NCCc1cccc(C(=O)N(C)C)c1. The summed E-state index contributed by atoms with van der Waals surface area (Å²) >= 11 is 0. The van der Waals surface area contributed by atoms with Crippen molar-refractivity contribution in [3.05, 3.63) is 35.4 Å². The predicted octanol–water partition coefficient (Wildman–Crippen LogP) is 0.425. The average molecular weight is 398 g/mol. The van der Waals surface area contributed by atoms with Crippen molar-refractivity contribution in [3.8, 4) is 0 Å². The number of nitrogens with one attached hydrogen (secondary N) is 3. The number of hydrogen-bond donors (Lipinski definition) is 3. The van der Waals surface area contributed by atoms with Crippen LogP contribution < -0.4 is 15.4 Å². The van der Waals surface area contributed by atoms with Gasteiger partial charge < -0.3 is 15.5 Å². The molecule has 3 N–H and O–H groups in total. The molecule has 0 atom stereocenters. The van der Waals surface area contributed by atoms with E-state index < -0.39 is 10.0 Å². The molecular weight excluding hydrogens is 366 g/mol. The van der Waals surface area contributed by atoms with Crippen molar-refractivity contribution in [1.82, 2.24) is 20.3 Å². The lowest BCUT2D eigenvalue weighted by atomic mass is 10.1. The van der Waals surface area contributed by atoms with Gasteiger partial charge in [-0.3, -0.25) is 9.79 Å². The highest BCUT2D eigenvalue weighted by Crippen LogP contribution is 2.07. The Bertz CT molecular complexity index is 732. The van der Waals surface area contributed by atoms with Gasteiger partial charge in [-0.2, -0.15) is 0 Å². The van der Waals surface area contributed by atoms with Crippen LogP contribution in [0.25, 0.3) is 0 Å². The highest BCUT2D eigenvalue weighted by atomic mass is 32.2. The first-order valence-corrected chi connectivity index (χ1v) is 10.9. The molecule has 0 saturated heterocycles. The third-order valence-corrected chi connectivity index (χ3v) is 4.33. The van der Waals surface area contributed by atoms with Crippen LogP contribution in [0.15, 0.2) is 29.3 Å². The maximum Gasteiger partial charge on any atom is 0.253 e. The van der Waals surface area contributed by atoms with E-state index in [9.17, 15) is 13.2 Å². The Balaban J connectivity index is 2.49.